The van der Waals surface area contributed by atoms with Gasteiger partial charge in [0.15, 0.2) is 6.10 Å². The van der Waals surface area contributed by atoms with Crippen LogP contribution in [-0.2, 0) is 12.7 Å². The van der Waals surface area contributed by atoms with Crippen molar-refractivity contribution in [2.24, 2.45) is 0 Å². The summed E-state index contributed by atoms with van der Waals surface area (Å²) in [6.07, 6.45) is 0.504. The second kappa shape index (κ2) is 4.25. The molecule has 2 aromatic rings. The Morgan fingerprint density at radius 2 is 2.11 bits per heavy atom. The van der Waals surface area contributed by atoms with E-state index in [1.165, 1.54) is 0 Å². The summed E-state index contributed by atoms with van der Waals surface area (Å²) in [4.78, 5) is 7.95. The van der Waals surface area contributed by atoms with E-state index in [0.29, 0.717) is 6.42 Å². The van der Waals surface area contributed by atoms with Gasteiger partial charge in [-0.15, -0.1) is 0 Å². The highest BCUT2D eigenvalue weighted by atomic mass is 19.4. The summed E-state index contributed by atoms with van der Waals surface area (Å²) < 4.78 is 45.1. The lowest BCUT2D eigenvalue weighted by Gasteiger charge is -2.13. The normalized spacial score (nSPS) is 18.4. The zero-order chi connectivity index (χ0) is 13.5. The molecule has 1 aliphatic rings. The molecule has 0 bridgehead atoms. The highest BCUT2D eigenvalue weighted by Crippen LogP contribution is 2.33. The van der Waals surface area contributed by atoms with Gasteiger partial charge in [0.05, 0.1) is 5.56 Å². The number of ether oxygens (including phenoxy) is 1. The number of fused-ring (bicyclic) bond motifs is 1. The fraction of sp³-hybridized carbons (Fsp3) is 0.333. The van der Waals surface area contributed by atoms with Crippen molar-refractivity contribution in [2.75, 3.05) is 0 Å². The van der Waals surface area contributed by atoms with E-state index in [1.54, 1.807) is 6.20 Å². The van der Waals surface area contributed by atoms with Crippen molar-refractivity contribution >= 4 is 0 Å². The molecule has 3 heterocycles. The fourth-order valence-electron chi connectivity index (χ4n) is 2.09. The Hall–Kier alpha value is -2.05. The van der Waals surface area contributed by atoms with Gasteiger partial charge in [-0.1, -0.05) is 0 Å². The topological polar surface area (TPSA) is 39.9 Å². The van der Waals surface area contributed by atoms with Crippen molar-refractivity contribution in [3.8, 4) is 5.88 Å². The molecule has 0 saturated heterocycles. The van der Waals surface area contributed by atoms with Crippen molar-refractivity contribution in [1.82, 2.24) is 14.5 Å². The number of nitrogens with zero attached hydrogens (tertiary/aromatic N) is 3. The second-order valence-electron chi connectivity index (χ2n) is 4.25. The number of halogens is 3. The van der Waals surface area contributed by atoms with Crippen LogP contribution in [0.2, 0.25) is 0 Å². The van der Waals surface area contributed by atoms with E-state index in [0.717, 1.165) is 30.7 Å². The first-order valence-corrected chi connectivity index (χ1v) is 5.75. The first-order chi connectivity index (χ1) is 9.04. The minimum absolute atomic E-state index is 0.0312. The van der Waals surface area contributed by atoms with Gasteiger partial charge in [-0.2, -0.15) is 13.2 Å². The maximum atomic E-state index is 12.6. The average Bonchev–Trinajstić information content (AvgIpc) is 2.93. The van der Waals surface area contributed by atoms with Gasteiger partial charge in [0.2, 0.25) is 5.88 Å². The van der Waals surface area contributed by atoms with Crippen molar-refractivity contribution in [3.05, 3.63) is 42.1 Å². The number of hydrogen-bond acceptors (Lipinski definition) is 3. The van der Waals surface area contributed by atoms with Crippen LogP contribution < -0.4 is 4.74 Å². The molecule has 2 aromatic heterocycles. The lowest BCUT2D eigenvalue weighted by molar-refractivity contribution is -0.137. The maximum absolute atomic E-state index is 12.6. The third-order valence-corrected chi connectivity index (χ3v) is 2.99. The molecule has 1 atom stereocenters. The summed E-state index contributed by atoms with van der Waals surface area (Å²) in [5.41, 5.74) is -0.765. The van der Waals surface area contributed by atoms with Crippen LogP contribution in [0.5, 0.6) is 5.88 Å². The van der Waals surface area contributed by atoms with E-state index in [1.807, 2.05) is 10.8 Å². The Labute approximate surface area is 106 Å². The Balaban J connectivity index is 1.82. The van der Waals surface area contributed by atoms with Gasteiger partial charge < -0.3 is 9.30 Å². The van der Waals surface area contributed by atoms with Gasteiger partial charge in [-0.3, -0.25) is 0 Å². The van der Waals surface area contributed by atoms with Gasteiger partial charge >= 0.3 is 6.18 Å². The van der Waals surface area contributed by atoms with Crippen LogP contribution >= 0.6 is 0 Å². The van der Waals surface area contributed by atoms with Crippen LogP contribution in [0.1, 0.15) is 23.9 Å². The number of aromatic nitrogens is 3. The summed E-state index contributed by atoms with van der Waals surface area (Å²) in [5, 5.41) is 0. The van der Waals surface area contributed by atoms with E-state index >= 15 is 0 Å². The Bertz CT molecular complexity index is 594. The molecule has 0 saturated carbocycles. The van der Waals surface area contributed by atoms with Crippen LogP contribution in [0.15, 0.2) is 30.7 Å². The van der Waals surface area contributed by atoms with Gasteiger partial charge in [0, 0.05) is 37.6 Å². The van der Waals surface area contributed by atoms with Crippen LogP contribution in [0.3, 0.4) is 0 Å². The molecule has 1 aliphatic heterocycles. The molecule has 0 radical (unpaired) electrons. The van der Waals surface area contributed by atoms with Crippen LogP contribution in [-0.4, -0.2) is 14.5 Å². The summed E-state index contributed by atoms with van der Waals surface area (Å²) in [6.45, 7) is 0.749. The summed E-state index contributed by atoms with van der Waals surface area (Å²) in [6, 6.07) is 1.83. The standard InChI is InChI=1S/C12H10F3N3O/c13-12(14,15)8-1-3-16-10(7-8)19-9-2-5-18-6-4-17-11(9)18/h1,3-4,6-7,9H,2,5H2. The van der Waals surface area contributed by atoms with E-state index in [-0.39, 0.29) is 12.0 Å². The third kappa shape index (κ3) is 2.27. The predicted molar refractivity (Wildman–Crippen MR) is 59.5 cm³/mol. The largest absolute Gasteiger partial charge is 0.466 e. The Morgan fingerprint density at radius 3 is 2.89 bits per heavy atom. The van der Waals surface area contributed by atoms with Gasteiger partial charge in [0.1, 0.15) is 5.82 Å². The smallest absolute Gasteiger partial charge is 0.416 e. The molecule has 7 heteroatoms. The molecular formula is C12H10F3N3O. The zero-order valence-electron chi connectivity index (χ0n) is 9.76. The van der Waals surface area contributed by atoms with E-state index in [2.05, 4.69) is 9.97 Å². The molecular weight excluding hydrogens is 259 g/mol. The van der Waals surface area contributed by atoms with E-state index in [4.69, 9.17) is 4.74 Å². The second-order valence-corrected chi connectivity index (χ2v) is 4.25. The number of aryl methyl sites for hydroxylation is 1. The summed E-state index contributed by atoms with van der Waals surface area (Å²) in [5.74, 6) is 0.690. The van der Waals surface area contributed by atoms with Gasteiger partial charge in [-0.05, 0) is 6.07 Å². The number of hydrogen-bond donors (Lipinski definition) is 0. The van der Waals surface area contributed by atoms with E-state index < -0.39 is 11.7 Å². The number of alkyl halides is 3. The molecule has 3 rings (SSSR count). The molecule has 0 spiro atoms. The Kier molecular flexibility index (Phi) is 2.69. The number of pyridine rings is 1. The zero-order valence-corrected chi connectivity index (χ0v) is 9.76. The predicted octanol–water partition coefficient (Wildman–Crippen LogP) is 2.82. The van der Waals surface area contributed by atoms with Crippen LogP contribution in [0, 0.1) is 0 Å². The van der Waals surface area contributed by atoms with Crippen molar-refractivity contribution in [2.45, 2.75) is 25.2 Å². The average molecular weight is 269 g/mol. The molecule has 100 valence electrons. The fourth-order valence-corrected chi connectivity index (χ4v) is 2.09. The van der Waals surface area contributed by atoms with E-state index in [9.17, 15) is 13.2 Å². The van der Waals surface area contributed by atoms with Crippen LogP contribution in [0.4, 0.5) is 13.2 Å². The summed E-state index contributed by atoms with van der Waals surface area (Å²) in [7, 11) is 0. The molecule has 0 aromatic carbocycles. The van der Waals surface area contributed by atoms with Gasteiger partial charge in [-0.25, -0.2) is 9.97 Å². The first-order valence-electron chi connectivity index (χ1n) is 5.75. The highest BCUT2D eigenvalue weighted by molar-refractivity contribution is 5.23. The Morgan fingerprint density at radius 1 is 1.26 bits per heavy atom. The van der Waals surface area contributed by atoms with Crippen molar-refractivity contribution in [1.29, 1.82) is 0 Å². The van der Waals surface area contributed by atoms with Crippen LogP contribution in [0.25, 0.3) is 0 Å². The molecule has 0 fully saturated rings. The minimum Gasteiger partial charge on any atom is -0.466 e. The molecule has 0 aliphatic carbocycles. The molecule has 0 amide bonds. The van der Waals surface area contributed by atoms with Gasteiger partial charge in [0.25, 0.3) is 0 Å². The highest BCUT2D eigenvalue weighted by Gasteiger charge is 2.32. The molecule has 1 unspecified atom stereocenters. The lowest BCUT2D eigenvalue weighted by atomic mass is 10.2. The number of rotatable bonds is 2. The number of imidazole rings is 1. The molecule has 19 heavy (non-hydrogen) atoms. The quantitative estimate of drug-likeness (QED) is 0.841. The summed E-state index contributed by atoms with van der Waals surface area (Å²) >= 11 is 0. The SMILES string of the molecule is FC(F)(F)c1ccnc(OC2CCn3ccnc32)c1. The molecule has 4 nitrogen and oxygen atoms in total. The van der Waals surface area contributed by atoms with Crippen molar-refractivity contribution in [3.63, 3.8) is 0 Å². The first kappa shape index (κ1) is 12.0. The minimum atomic E-state index is -4.39. The van der Waals surface area contributed by atoms with Crippen molar-refractivity contribution < 1.29 is 17.9 Å². The molecule has 0 N–H and O–H groups in total. The monoisotopic (exact) mass is 269 g/mol. The maximum Gasteiger partial charge on any atom is 0.416 e. The lowest BCUT2D eigenvalue weighted by Crippen LogP contribution is -2.09. The third-order valence-electron chi connectivity index (χ3n) is 2.99.